The van der Waals surface area contributed by atoms with Gasteiger partial charge in [0.2, 0.25) is 0 Å². The van der Waals surface area contributed by atoms with Crippen LogP contribution < -0.4 is 5.32 Å². The summed E-state index contributed by atoms with van der Waals surface area (Å²) >= 11 is 0. The van der Waals surface area contributed by atoms with E-state index in [0.29, 0.717) is 12.2 Å². The molecule has 2 nitrogen and oxygen atoms in total. The van der Waals surface area contributed by atoms with E-state index in [1.165, 1.54) is 6.07 Å². The molecule has 0 aliphatic carbocycles. The van der Waals surface area contributed by atoms with Gasteiger partial charge in [0.1, 0.15) is 5.82 Å². The standard InChI is InChI=1S/C10H14FNO/c1-7-3-4-10(9(11)5-7)12-6-8(2)13/h3-5,8,12-13H,6H2,1-2H3. The Hall–Kier alpha value is -1.09. The summed E-state index contributed by atoms with van der Waals surface area (Å²) in [5, 5.41) is 11.8. The van der Waals surface area contributed by atoms with Crippen molar-refractivity contribution in [1.29, 1.82) is 0 Å². The Balaban J connectivity index is 2.67. The molecule has 0 spiro atoms. The SMILES string of the molecule is Cc1ccc(NCC(C)O)c(F)c1. The molecule has 0 bridgehead atoms. The van der Waals surface area contributed by atoms with E-state index in [1.807, 2.05) is 13.0 Å². The fourth-order valence-electron chi connectivity index (χ4n) is 1.02. The quantitative estimate of drug-likeness (QED) is 0.750. The smallest absolute Gasteiger partial charge is 0.146 e. The largest absolute Gasteiger partial charge is 0.392 e. The van der Waals surface area contributed by atoms with Crippen LogP contribution in [0.1, 0.15) is 12.5 Å². The van der Waals surface area contributed by atoms with Gasteiger partial charge in [0.25, 0.3) is 0 Å². The number of aryl methyl sites for hydroxylation is 1. The molecule has 0 aromatic heterocycles. The Morgan fingerprint density at radius 2 is 2.23 bits per heavy atom. The topological polar surface area (TPSA) is 32.3 Å². The molecular weight excluding hydrogens is 169 g/mol. The zero-order chi connectivity index (χ0) is 9.84. The van der Waals surface area contributed by atoms with Crippen molar-refractivity contribution >= 4 is 5.69 Å². The van der Waals surface area contributed by atoms with Crippen LogP contribution in [0.25, 0.3) is 0 Å². The first-order valence-electron chi connectivity index (χ1n) is 4.27. The summed E-state index contributed by atoms with van der Waals surface area (Å²) in [6.45, 7) is 3.85. The molecule has 3 heteroatoms. The molecule has 1 aromatic rings. The zero-order valence-electron chi connectivity index (χ0n) is 7.84. The summed E-state index contributed by atoms with van der Waals surface area (Å²) in [6, 6.07) is 4.96. The maximum Gasteiger partial charge on any atom is 0.146 e. The number of hydrogen-bond acceptors (Lipinski definition) is 2. The maximum absolute atomic E-state index is 13.2. The van der Waals surface area contributed by atoms with Gasteiger partial charge >= 0.3 is 0 Å². The molecule has 1 rings (SSSR count). The molecule has 0 amide bonds. The van der Waals surface area contributed by atoms with E-state index in [2.05, 4.69) is 5.32 Å². The van der Waals surface area contributed by atoms with Crippen molar-refractivity contribution < 1.29 is 9.50 Å². The van der Waals surface area contributed by atoms with Gasteiger partial charge in [0, 0.05) is 6.54 Å². The van der Waals surface area contributed by atoms with E-state index in [-0.39, 0.29) is 5.82 Å². The maximum atomic E-state index is 13.2. The monoisotopic (exact) mass is 183 g/mol. The number of rotatable bonds is 3. The van der Waals surface area contributed by atoms with Gasteiger partial charge in [0.05, 0.1) is 11.8 Å². The van der Waals surface area contributed by atoms with E-state index in [4.69, 9.17) is 5.11 Å². The highest BCUT2D eigenvalue weighted by atomic mass is 19.1. The summed E-state index contributed by atoms with van der Waals surface area (Å²) in [6.07, 6.45) is -0.472. The van der Waals surface area contributed by atoms with Gasteiger partial charge in [-0.15, -0.1) is 0 Å². The molecule has 0 heterocycles. The Morgan fingerprint density at radius 1 is 1.54 bits per heavy atom. The number of anilines is 1. The van der Waals surface area contributed by atoms with Crippen molar-refractivity contribution in [1.82, 2.24) is 0 Å². The van der Waals surface area contributed by atoms with Crippen molar-refractivity contribution in [2.75, 3.05) is 11.9 Å². The van der Waals surface area contributed by atoms with Crippen LogP contribution in [0.4, 0.5) is 10.1 Å². The number of halogens is 1. The van der Waals surface area contributed by atoms with Crippen LogP contribution in [0, 0.1) is 12.7 Å². The number of benzene rings is 1. The fourth-order valence-corrected chi connectivity index (χ4v) is 1.02. The van der Waals surface area contributed by atoms with Crippen molar-refractivity contribution in [3.8, 4) is 0 Å². The normalized spacial score (nSPS) is 12.6. The third-order valence-corrected chi connectivity index (χ3v) is 1.71. The van der Waals surface area contributed by atoms with Gasteiger partial charge in [0.15, 0.2) is 0 Å². The van der Waals surface area contributed by atoms with Gasteiger partial charge < -0.3 is 10.4 Å². The second-order valence-corrected chi connectivity index (χ2v) is 3.21. The van der Waals surface area contributed by atoms with Crippen molar-refractivity contribution in [2.24, 2.45) is 0 Å². The van der Waals surface area contributed by atoms with E-state index in [0.717, 1.165) is 5.56 Å². The highest BCUT2D eigenvalue weighted by molar-refractivity contribution is 5.46. The van der Waals surface area contributed by atoms with Gasteiger partial charge in [-0.1, -0.05) is 6.07 Å². The molecule has 13 heavy (non-hydrogen) atoms. The van der Waals surface area contributed by atoms with Crippen LogP contribution >= 0.6 is 0 Å². The van der Waals surface area contributed by atoms with E-state index in [9.17, 15) is 4.39 Å². The van der Waals surface area contributed by atoms with Gasteiger partial charge in [-0.2, -0.15) is 0 Å². The minimum Gasteiger partial charge on any atom is -0.392 e. The minimum atomic E-state index is -0.472. The Labute approximate surface area is 77.4 Å². The highest BCUT2D eigenvalue weighted by Crippen LogP contribution is 2.14. The van der Waals surface area contributed by atoms with E-state index < -0.39 is 6.10 Å². The molecule has 72 valence electrons. The van der Waals surface area contributed by atoms with Crippen LogP contribution in [0.15, 0.2) is 18.2 Å². The summed E-state index contributed by atoms with van der Waals surface area (Å²) in [5.41, 5.74) is 1.33. The van der Waals surface area contributed by atoms with Crippen LogP contribution in [0.2, 0.25) is 0 Å². The Kier molecular flexibility index (Phi) is 3.25. The minimum absolute atomic E-state index is 0.277. The van der Waals surface area contributed by atoms with E-state index >= 15 is 0 Å². The lowest BCUT2D eigenvalue weighted by molar-refractivity contribution is 0.208. The summed E-state index contributed by atoms with van der Waals surface area (Å²) in [5.74, 6) is -0.277. The van der Waals surface area contributed by atoms with Gasteiger partial charge in [-0.25, -0.2) is 4.39 Å². The third kappa shape index (κ3) is 3.03. The first-order valence-corrected chi connectivity index (χ1v) is 4.27. The number of aliphatic hydroxyl groups is 1. The molecule has 1 aromatic carbocycles. The van der Waals surface area contributed by atoms with Crippen molar-refractivity contribution in [3.63, 3.8) is 0 Å². The fraction of sp³-hybridized carbons (Fsp3) is 0.400. The van der Waals surface area contributed by atoms with Crippen LogP contribution in [0.3, 0.4) is 0 Å². The summed E-state index contributed by atoms with van der Waals surface area (Å²) in [7, 11) is 0. The van der Waals surface area contributed by atoms with Crippen LogP contribution in [0.5, 0.6) is 0 Å². The first kappa shape index (κ1) is 9.99. The Morgan fingerprint density at radius 3 is 2.77 bits per heavy atom. The molecule has 0 aliphatic heterocycles. The molecular formula is C10H14FNO. The van der Waals surface area contributed by atoms with Crippen molar-refractivity contribution in [3.05, 3.63) is 29.6 Å². The van der Waals surface area contributed by atoms with Crippen LogP contribution in [-0.4, -0.2) is 17.8 Å². The lowest BCUT2D eigenvalue weighted by atomic mass is 10.2. The van der Waals surface area contributed by atoms with Gasteiger partial charge in [-0.3, -0.25) is 0 Å². The number of nitrogens with one attached hydrogen (secondary N) is 1. The number of hydrogen-bond donors (Lipinski definition) is 2. The predicted molar refractivity (Wildman–Crippen MR) is 51.3 cm³/mol. The summed E-state index contributed by atoms with van der Waals surface area (Å²) in [4.78, 5) is 0. The third-order valence-electron chi connectivity index (χ3n) is 1.71. The molecule has 0 saturated heterocycles. The molecule has 0 saturated carbocycles. The average molecular weight is 183 g/mol. The number of aliphatic hydroxyl groups excluding tert-OH is 1. The van der Waals surface area contributed by atoms with Gasteiger partial charge in [-0.05, 0) is 31.5 Å². The lowest BCUT2D eigenvalue weighted by Crippen LogP contribution is -2.15. The first-order chi connectivity index (χ1) is 6.09. The molecule has 1 unspecified atom stereocenters. The van der Waals surface area contributed by atoms with E-state index in [1.54, 1.807) is 13.0 Å². The molecule has 0 aliphatic rings. The molecule has 0 fully saturated rings. The van der Waals surface area contributed by atoms with Crippen molar-refractivity contribution in [2.45, 2.75) is 20.0 Å². The Bertz CT molecular complexity index is 286. The highest BCUT2D eigenvalue weighted by Gasteiger charge is 2.02. The second kappa shape index (κ2) is 4.23. The zero-order valence-corrected chi connectivity index (χ0v) is 7.84. The molecule has 2 N–H and O–H groups in total. The summed E-state index contributed by atoms with van der Waals surface area (Å²) < 4.78 is 13.2. The second-order valence-electron chi connectivity index (χ2n) is 3.21. The van der Waals surface area contributed by atoms with Crippen LogP contribution in [-0.2, 0) is 0 Å². The lowest BCUT2D eigenvalue weighted by Gasteiger charge is -2.09. The molecule has 0 radical (unpaired) electrons. The predicted octanol–water partition coefficient (Wildman–Crippen LogP) is 1.93. The molecule has 1 atom stereocenters. The average Bonchev–Trinajstić information content (AvgIpc) is 2.02.